The second-order valence-corrected chi connectivity index (χ2v) is 4.65. The summed E-state index contributed by atoms with van der Waals surface area (Å²) in [4.78, 5) is 0. The van der Waals surface area contributed by atoms with Crippen LogP contribution in [0.25, 0.3) is 0 Å². The first kappa shape index (κ1) is 11.9. The Labute approximate surface area is 101 Å². The zero-order chi connectivity index (χ0) is 12.5. The van der Waals surface area contributed by atoms with Gasteiger partial charge in [-0.3, -0.25) is 0 Å². The van der Waals surface area contributed by atoms with Gasteiger partial charge in [-0.15, -0.1) is 0 Å². The predicted molar refractivity (Wildman–Crippen MR) is 65.3 cm³/mol. The summed E-state index contributed by atoms with van der Waals surface area (Å²) in [7, 11) is 1.63. The molecule has 1 aromatic carbocycles. The fourth-order valence-corrected chi connectivity index (χ4v) is 1.64. The molecule has 1 unspecified atom stereocenters. The monoisotopic (exact) mass is 235 g/mol. The molecule has 5 heteroatoms. The molecule has 1 aliphatic rings. The Morgan fingerprint density at radius 1 is 1.35 bits per heavy atom. The van der Waals surface area contributed by atoms with Gasteiger partial charge < -0.3 is 9.84 Å². The molecular weight excluding hydrogens is 218 g/mol. The summed E-state index contributed by atoms with van der Waals surface area (Å²) in [6, 6.07) is 7.41. The number of methoxy groups -OCH3 is 1. The molecule has 0 aromatic heterocycles. The lowest BCUT2D eigenvalue weighted by Gasteiger charge is -2.22. The highest BCUT2D eigenvalue weighted by Gasteiger charge is 2.32. The van der Waals surface area contributed by atoms with Gasteiger partial charge in [-0.25, -0.2) is 5.01 Å². The van der Waals surface area contributed by atoms with E-state index in [0.29, 0.717) is 6.54 Å². The summed E-state index contributed by atoms with van der Waals surface area (Å²) >= 11 is 0. The van der Waals surface area contributed by atoms with Crippen LogP contribution < -0.4 is 9.75 Å². The van der Waals surface area contributed by atoms with Crippen molar-refractivity contribution in [3.05, 3.63) is 24.3 Å². The molecule has 0 amide bonds. The number of hydrogen-bond acceptors (Lipinski definition) is 5. The Morgan fingerprint density at radius 3 is 2.47 bits per heavy atom. The van der Waals surface area contributed by atoms with Gasteiger partial charge in [-0.05, 0) is 38.1 Å². The van der Waals surface area contributed by atoms with E-state index in [0.717, 1.165) is 11.4 Å². The predicted octanol–water partition coefficient (Wildman–Crippen LogP) is 2.02. The van der Waals surface area contributed by atoms with Crippen LogP contribution in [0, 0.1) is 0 Å². The minimum absolute atomic E-state index is 0.190. The lowest BCUT2D eigenvalue weighted by atomic mass is 10.00. The zero-order valence-corrected chi connectivity index (χ0v) is 10.3. The van der Waals surface area contributed by atoms with Crippen molar-refractivity contribution in [1.82, 2.24) is 0 Å². The second-order valence-electron chi connectivity index (χ2n) is 4.65. The molecule has 17 heavy (non-hydrogen) atoms. The molecule has 1 aromatic rings. The van der Waals surface area contributed by atoms with E-state index in [1.807, 2.05) is 24.3 Å². The van der Waals surface area contributed by atoms with Crippen LogP contribution >= 0.6 is 0 Å². The van der Waals surface area contributed by atoms with Gasteiger partial charge in [-0.1, -0.05) is 5.22 Å². The maximum atomic E-state index is 9.86. The largest absolute Gasteiger partial charge is 0.497 e. The van der Waals surface area contributed by atoms with Crippen molar-refractivity contribution in [1.29, 1.82) is 0 Å². The SMILES string of the molecule is COc1ccc(N2CC(C(C)(C)O)N=N2)cc1. The third-order valence-corrected chi connectivity index (χ3v) is 2.83. The van der Waals surface area contributed by atoms with E-state index >= 15 is 0 Å². The van der Waals surface area contributed by atoms with E-state index in [-0.39, 0.29) is 6.04 Å². The standard InChI is InChI=1S/C12H17N3O2/c1-12(2,16)11-8-15(14-13-11)9-4-6-10(17-3)7-5-9/h4-7,11,16H,8H2,1-3H3. The highest BCUT2D eigenvalue weighted by Crippen LogP contribution is 2.26. The van der Waals surface area contributed by atoms with E-state index in [4.69, 9.17) is 4.74 Å². The van der Waals surface area contributed by atoms with Crippen LogP contribution in [0.2, 0.25) is 0 Å². The highest BCUT2D eigenvalue weighted by molar-refractivity contribution is 5.48. The maximum Gasteiger partial charge on any atom is 0.121 e. The van der Waals surface area contributed by atoms with Crippen LogP contribution in [-0.2, 0) is 0 Å². The Bertz CT molecular complexity index is 409. The summed E-state index contributed by atoms with van der Waals surface area (Å²) < 4.78 is 5.09. The highest BCUT2D eigenvalue weighted by atomic mass is 16.5. The van der Waals surface area contributed by atoms with Crippen molar-refractivity contribution in [2.45, 2.75) is 25.5 Å². The third-order valence-electron chi connectivity index (χ3n) is 2.83. The lowest BCUT2D eigenvalue weighted by molar-refractivity contribution is 0.0579. The molecule has 0 bridgehead atoms. The Hall–Kier alpha value is -1.62. The average molecular weight is 235 g/mol. The van der Waals surface area contributed by atoms with Crippen molar-refractivity contribution in [2.75, 3.05) is 18.7 Å². The lowest BCUT2D eigenvalue weighted by Crippen LogP contribution is -2.38. The van der Waals surface area contributed by atoms with Crippen molar-refractivity contribution < 1.29 is 9.84 Å². The van der Waals surface area contributed by atoms with E-state index in [2.05, 4.69) is 10.3 Å². The summed E-state index contributed by atoms with van der Waals surface area (Å²) in [5.41, 5.74) is 0.103. The summed E-state index contributed by atoms with van der Waals surface area (Å²) in [6.45, 7) is 4.08. The molecule has 2 rings (SSSR count). The minimum Gasteiger partial charge on any atom is -0.497 e. The van der Waals surface area contributed by atoms with Crippen LogP contribution in [0.15, 0.2) is 34.6 Å². The van der Waals surface area contributed by atoms with Gasteiger partial charge >= 0.3 is 0 Å². The first-order valence-corrected chi connectivity index (χ1v) is 5.55. The molecule has 1 atom stereocenters. The Kier molecular flexibility index (Phi) is 3.02. The van der Waals surface area contributed by atoms with Gasteiger partial charge in [0.2, 0.25) is 0 Å². The zero-order valence-electron chi connectivity index (χ0n) is 10.3. The summed E-state index contributed by atoms with van der Waals surface area (Å²) in [6.07, 6.45) is 0. The Balaban J connectivity index is 2.08. The molecule has 5 nitrogen and oxygen atoms in total. The topological polar surface area (TPSA) is 57.4 Å². The van der Waals surface area contributed by atoms with Crippen molar-refractivity contribution >= 4 is 5.69 Å². The second kappa shape index (κ2) is 4.33. The molecule has 1 aliphatic heterocycles. The molecule has 92 valence electrons. The van der Waals surface area contributed by atoms with E-state index < -0.39 is 5.60 Å². The van der Waals surface area contributed by atoms with E-state index in [1.165, 1.54) is 0 Å². The number of rotatable bonds is 3. The molecule has 0 radical (unpaired) electrons. The number of benzene rings is 1. The van der Waals surface area contributed by atoms with Crippen LogP contribution in [0.3, 0.4) is 0 Å². The molecule has 0 spiro atoms. The normalized spacial score (nSPS) is 19.8. The molecule has 0 fully saturated rings. The molecule has 0 saturated heterocycles. The summed E-state index contributed by atoms with van der Waals surface area (Å²) in [5, 5.41) is 19.8. The van der Waals surface area contributed by atoms with E-state index in [9.17, 15) is 5.11 Å². The fraction of sp³-hybridized carbons (Fsp3) is 0.500. The van der Waals surface area contributed by atoms with Crippen LogP contribution in [0.4, 0.5) is 5.69 Å². The van der Waals surface area contributed by atoms with Crippen LogP contribution in [0.1, 0.15) is 13.8 Å². The first-order valence-electron chi connectivity index (χ1n) is 5.55. The average Bonchev–Trinajstić information content (AvgIpc) is 2.78. The molecule has 0 saturated carbocycles. The number of anilines is 1. The van der Waals surface area contributed by atoms with Gasteiger partial charge in [0.15, 0.2) is 0 Å². The van der Waals surface area contributed by atoms with Crippen molar-refractivity contribution in [2.24, 2.45) is 10.3 Å². The quantitative estimate of drug-likeness (QED) is 0.872. The number of aliphatic hydroxyl groups is 1. The molecular formula is C12H17N3O2. The van der Waals surface area contributed by atoms with Gasteiger partial charge in [0, 0.05) is 0 Å². The minimum atomic E-state index is -0.843. The maximum absolute atomic E-state index is 9.86. The van der Waals surface area contributed by atoms with E-state index in [1.54, 1.807) is 26.0 Å². The molecule has 1 N–H and O–H groups in total. The van der Waals surface area contributed by atoms with Crippen LogP contribution in [0.5, 0.6) is 5.75 Å². The third kappa shape index (κ3) is 2.55. The number of hydrogen-bond donors (Lipinski definition) is 1. The van der Waals surface area contributed by atoms with Gasteiger partial charge in [0.25, 0.3) is 0 Å². The van der Waals surface area contributed by atoms with Gasteiger partial charge in [0.05, 0.1) is 24.9 Å². The molecule has 0 aliphatic carbocycles. The number of nitrogens with zero attached hydrogens (tertiary/aromatic N) is 3. The molecule has 1 heterocycles. The van der Waals surface area contributed by atoms with Gasteiger partial charge in [-0.2, -0.15) is 5.11 Å². The summed E-state index contributed by atoms with van der Waals surface area (Å²) in [5.74, 6) is 0.809. The first-order chi connectivity index (χ1) is 8.00. The van der Waals surface area contributed by atoms with Gasteiger partial charge in [0.1, 0.15) is 11.8 Å². The fourth-order valence-electron chi connectivity index (χ4n) is 1.64. The van der Waals surface area contributed by atoms with Crippen molar-refractivity contribution in [3.63, 3.8) is 0 Å². The smallest absolute Gasteiger partial charge is 0.121 e. The van der Waals surface area contributed by atoms with Crippen LogP contribution in [-0.4, -0.2) is 30.4 Å². The van der Waals surface area contributed by atoms with Crippen molar-refractivity contribution in [3.8, 4) is 5.75 Å². The Morgan fingerprint density at radius 2 is 2.00 bits per heavy atom. The number of ether oxygens (including phenoxy) is 1.